The van der Waals surface area contributed by atoms with Crippen LogP contribution < -0.4 is 5.32 Å². The van der Waals surface area contributed by atoms with Gasteiger partial charge in [-0.15, -0.1) is 11.3 Å². The first-order valence-electron chi connectivity index (χ1n) is 7.42. The fraction of sp³-hybridized carbons (Fsp3) is 0.688. The van der Waals surface area contributed by atoms with Crippen molar-refractivity contribution < 1.29 is 4.79 Å². The van der Waals surface area contributed by atoms with Gasteiger partial charge in [-0.3, -0.25) is 4.79 Å². The van der Waals surface area contributed by atoms with E-state index in [0.29, 0.717) is 12.0 Å². The Kier molecular flexibility index (Phi) is 3.42. The molecule has 0 aromatic carbocycles. The van der Waals surface area contributed by atoms with E-state index in [1.165, 1.54) is 30.6 Å². The first-order valence-corrected chi connectivity index (χ1v) is 8.24. The Morgan fingerprint density at radius 3 is 2.68 bits per heavy atom. The summed E-state index contributed by atoms with van der Waals surface area (Å²) in [7, 11) is 0. The molecule has 0 saturated heterocycles. The number of amides is 1. The Labute approximate surface area is 119 Å². The molecule has 2 bridgehead atoms. The molecule has 0 radical (unpaired) electrons. The average Bonchev–Trinajstić information content (AvgIpc) is 3.03. The third kappa shape index (κ3) is 2.45. The molecule has 0 unspecified atom stereocenters. The largest absolute Gasteiger partial charge is 0.349 e. The molecular weight excluding hydrogens is 254 g/mol. The van der Waals surface area contributed by atoms with Gasteiger partial charge >= 0.3 is 0 Å². The lowest BCUT2D eigenvalue weighted by Gasteiger charge is -2.28. The average molecular weight is 277 g/mol. The highest BCUT2D eigenvalue weighted by Gasteiger charge is 2.42. The maximum atomic E-state index is 12.3. The topological polar surface area (TPSA) is 29.1 Å². The first-order chi connectivity index (χ1) is 9.04. The van der Waals surface area contributed by atoms with Gasteiger partial charge in [0.25, 0.3) is 5.91 Å². The predicted molar refractivity (Wildman–Crippen MR) is 79.7 cm³/mol. The highest BCUT2D eigenvalue weighted by Crippen LogP contribution is 2.49. The summed E-state index contributed by atoms with van der Waals surface area (Å²) in [6, 6.07) is 2.34. The summed E-state index contributed by atoms with van der Waals surface area (Å²) < 4.78 is 0. The second-order valence-electron chi connectivity index (χ2n) is 6.43. The molecule has 2 saturated carbocycles. The van der Waals surface area contributed by atoms with Crippen molar-refractivity contribution in [3.05, 3.63) is 21.4 Å². The van der Waals surface area contributed by atoms with Crippen molar-refractivity contribution in [1.29, 1.82) is 0 Å². The lowest BCUT2D eigenvalue weighted by Crippen LogP contribution is -2.40. The van der Waals surface area contributed by atoms with Gasteiger partial charge in [-0.25, -0.2) is 0 Å². The summed E-state index contributed by atoms with van der Waals surface area (Å²) in [6.45, 7) is 6.29. The summed E-state index contributed by atoms with van der Waals surface area (Å²) in [4.78, 5) is 14.7. The molecule has 1 amide bonds. The molecule has 1 aromatic rings. The SMILES string of the molecule is Cc1cc(C(=O)N[C@H](C)[C@@H]2C[C@H]3CC[C@H]2C3)c(C)s1. The van der Waals surface area contributed by atoms with E-state index in [4.69, 9.17) is 0 Å². The van der Waals surface area contributed by atoms with Gasteiger partial charge in [0, 0.05) is 15.8 Å². The second kappa shape index (κ2) is 4.93. The lowest BCUT2D eigenvalue weighted by atomic mass is 9.84. The van der Waals surface area contributed by atoms with Crippen molar-refractivity contribution >= 4 is 17.2 Å². The van der Waals surface area contributed by atoms with Crippen LogP contribution in [0.2, 0.25) is 0 Å². The molecule has 104 valence electrons. The Balaban J connectivity index is 1.65. The van der Waals surface area contributed by atoms with Gasteiger partial charge in [-0.05, 0) is 63.9 Å². The molecular formula is C16H23NOS. The minimum atomic E-state index is 0.122. The highest BCUT2D eigenvalue weighted by molar-refractivity contribution is 7.12. The van der Waals surface area contributed by atoms with Crippen LogP contribution in [0.15, 0.2) is 6.07 Å². The molecule has 2 aliphatic carbocycles. The molecule has 19 heavy (non-hydrogen) atoms. The maximum absolute atomic E-state index is 12.3. The third-order valence-corrected chi connectivity index (χ3v) is 6.05. The number of fused-ring (bicyclic) bond motifs is 2. The molecule has 0 aliphatic heterocycles. The zero-order valence-electron chi connectivity index (χ0n) is 12.0. The van der Waals surface area contributed by atoms with Gasteiger partial charge in [0.1, 0.15) is 0 Å². The van der Waals surface area contributed by atoms with Crippen LogP contribution >= 0.6 is 11.3 Å². The van der Waals surface area contributed by atoms with Gasteiger partial charge < -0.3 is 5.32 Å². The van der Waals surface area contributed by atoms with Crippen molar-refractivity contribution in [3.63, 3.8) is 0 Å². The predicted octanol–water partition coefficient (Wildman–Crippen LogP) is 3.92. The number of rotatable bonds is 3. The summed E-state index contributed by atoms with van der Waals surface area (Å²) in [5, 5.41) is 3.24. The summed E-state index contributed by atoms with van der Waals surface area (Å²) >= 11 is 1.71. The Morgan fingerprint density at radius 2 is 2.16 bits per heavy atom. The quantitative estimate of drug-likeness (QED) is 0.891. The molecule has 2 fully saturated rings. The smallest absolute Gasteiger partial charge is 0.252 e. The fourth-order valence-electron chi connectivity index (χ4n) is 4.15. The number of nitrogens with one attached hydrogen (secondary N) is 1. The van der Waals surface area contributed by atoms with E-state index in [-0.39, 0.29) is 5.91 Å². The van der Waals surface area contributed by atoms with Crippen LogP contribution in [0.5, 0.6) is 0 Å². The van der Waals surface area contributed by atoms with Crippen molar-refractivity contribution in [1.82, 2.24) is 5.32 Å². The van der Waals surface area contributed by atoms with Crippen LogP contribution in [0.25, 0.3) is 0 Å². The Morgan fingerprint density at radius 1 is 1.37 bits per heavy atom. The molecule has 2 aliphatic rings. The zero-order chi connectivity index (χ0) is 13.6. The molecule has 3 rings (SSSR count). The number of hydrogen-bond acceptors (Lipinski definition) is 2. The molecule has 3 heteroatoms. The lowest BCUT2D eigenvalue weighted by molar-refractivity contribution is 0.0915. The number of aryl methyl sites for hydroxylation is 2. The van der Waals surface area contributed by atoms with E-state index in [9.17, 15) is 4.79 Å². The third-order valence-electron chi connectivity index (χ3n) is 5.08. The van der Waals surface area contributed by atoms with Gasteiger partial charge in [0.2, 0.25) is 0 Å². The number of carbonyl (C=O) groups is 1. The van der Waals surface area contributed by atoms with Gasteiger partial charge in [-0.1, -0.05) is 6.42 Å². The van der Waals surface area contributed by atoms with Crippen LogP contribution in [0, 0.1) is 31.6 Å². The Bertz CT molecular complexity index is 493. The molecule has 1 aromatic heterocycles. The summed E-state index contributed by atoms with van der Waals surface area (Å²) in [5.74, 6) is 2.64. The van der Waals surface area contributed by atoms with Crippen molar-refractivity contribution in [2.24, 2.45) is 17.8 Å². The minimum absolute atomic E-state index is 0.122. The fourth-order valence-corrected chi connectivity index (χ4v) is 5.08. The molecule has 0 spiro atoms. The van der Waals surface area contributed by atoms with Crippen LogP contribution in [0.1, 0.15) is 52.7 Å². The van der Waals surface area contributed by atoms with E-state index in [0.717, 1.165) is 22.3 Å². The number of thiophene rings is 1. The zero-order valence-corrected chi connectivity index (χ0v) is 12.8. The van der Waals surface area contributed by atoms with E-state index in [1.807, 2.05) is 13.0 Å². The van der Waals surface area contributed by atoms with E-state index in [1.54, 1.807) is 11.3 Å². The standard InChI is InChI=1S/C16H23NOS/c1-9-6-15(11(3)19-9)16(18)17-10(2)14-8-12-4-5-13(14)7-12/h6,10,12-14H,4-5,7-8H2,1-3H3,(H,17,18)/t10-,12+,13+,14+/m1/s1. The highest BCUT2D eigenvalue weighted by atomic mass is 32.1. The second-order valence-corrected chi connectivity index (χ2v) is 7.89. The van der Waals surface area contributed by atoms with Gasteiger partial charge in [0.05, 0.1) is 5.56 Å². The van der Waals surface area contributed by atoms with Gasteiger partial charge in [-0.2, -0.15) is 0 Å². The van der Waals surface area contributed by atoms with E-state index >= 15 is 0 Å². The number of hydrogen-bond donors (Lipinski definition) is 1. The number of carbonyl (C=O) groups excluding carboxylic acids is 1. The van der Waals surface area contributed by atoms with Crippen LogP contribution in [-0.4, -0.2) is 11.9 Å². The van der Waals surface area contributed by atoms with Crippen LogP contribution in [0.3, 0.4) is 0 Å². The van der Waals surface area contributed by atoms with Crippen LogP contribution in [0.4, 0.5) is 0 Å². The summed E-state index contributed by atoms with van der Waals surface area (Å²) in [5.41, 5.74) is 0.873. The Hall–Kier alpha value is -0.830. The normalized spacial score (nSPS) is 30.6. The summed E-state index contributed by atoms with van der Waals surface area (Å²) in [6.07, 6.45) is 5.53. The molecule has 1 heterocycles. The molecule has 4 atom stereocenters. The van der Waals surface area contributed by atoms with E-state index in [2.05, 4.69) is 19.2 Å². The van der Waals surface area contributed by atoms with E-state index < -0.39 is 0 Å². The van der Waals surface area contributed by atoms with Crippen molar-refractivity contribution in [3.8, 4) is 0 Å². The molecule has 1 N–H and O–H groups in total. The van der Waals surface area contributed by atoms with Crippen molar-refractivity contribution in [2.45, 2.75) is 52.5 Å². The minimum Gasteiger partial charge on any atom is -0.349 e. The maximum Gasteiger partial charge on any atom is 0.252 e. The van der Waals surface area contributed by atoms with Gasteiger partial charge in [0.15, 0.2) is 0 Å². The molecule has 2 nitrogen and oxygen atoms in total. The van der Waals surface area contributed by atoms with Crippen molar-refractivity contribution in [2.75, 3.05) is 0 Å². The van der Waals surface area contributed by atoms with Crippen LogP contribution in [-0.2, 0) is 0 Å². The first kappa shape index (κ1) is 13.2. The monoisotopic (exact) mass is 277 g/mol.